The molecule has 2 N–H and O–H groups in total. The Hall–Kier alpha value is -4.69. The van der Waals surface area contributed by atoms with Crippen molar-refractivity contribution in [1.82, 2.24) is 30.2 Å². The van der Waals surface area contributed by atoms with Gasteiger partial charge in [-0.2, -0.15) is 18.3 Å². The normalized spacial score (nSPS) is 11.4. The Morgan fingerprint density at radius 2 is 1.83 bits per heavy atom. The third kappa shape index (κ3) is 5.51. The number of aromatic nitrogens is 5. The lowest BCUT2D eigenvalue weighted by molar-refractivity contribution is -0.169. The van der Waals surface area contributed by atoms with Crippen LogP contribution in [0.2, 0.25) is 0 Å². The number of nitrogens with zero attached hydrogens (tertiary/aromatic N) is 5. The lowest BCUT2D eigenvalue weighted by Gasteiger charge is -2.09. The summed E-state index contributed by atoms with van der Waals surface area (Å²) in [6.07, 6.45) is -3.11. The van der Waals surface area contributed by atoms with Gasteiger partial charge in [-0.3, -0.25) is 14.8 Å². The molecule has 0 atom stereocenters. The maximum atomic E-state index is 14.2. The van der Waals surface area contributed by atoms with Crippen LogP contribution in [-0.2, 0) is 11.3 Å². The third-order valence-corrected chi connectivity index (χ3v) is 4.69. The molecule has 0 saturated carbocycles. The largest absolute Gasteiger partial charge is 0.451 e. The third-order valence-electron chi connectivity index (χ3n) is 4.69. The van der Waals surface area contributed by atoms with Crippen molar-refractivity contribution in [2.45, 2.75) is 12.7 Å². The molecule has 4 rings (SSSR count). The van der Waals surface area contributed by atoms with Crippen LogP contribution >= 0.6 is 0 Å². The van der Waals surface area contributed by atoms with Gasteiger partial charge in [0.05, 0.1) is 25.0 Å². The lowest BCUT2D eigenvalue weighted by atomic mass is 10.2. The Bertz CT molecular complexity index is 1400. The molecule has 15 heteroatoms. The van der Waals surface area contributed by atoms with E-state index < -0.39 is 42.0 Å². The van der Waals surface area contributed by atoms with Crippen LogP contribution in [0.4, 0.5) is 32.6 Å². The SMILES string of the molecule is O=C(NCC(=O)C(F)(F)F)Nc1nc(-c2cc(-c3ccon3)n(Cc3ccccc3F)n2)ncc1F. The highest BCUT2D eigenvalue weighted by molar-refractivity contribution is 5.93. The van der Waals surface area contributed by atoms with Crippen molar-refractivity contribution >= 4 is 17.6 Å². The summed E-state index contributed by atoms with van der Waals surface area (Å²) in [6.45, 7) is -1.37. The molecule has 0 aliphatic carbocycles. The lowest BCUT2D eigenvalue weighted by Crippen LogP contribution is -2.39. The first-order valence-corrected chi connectivity index (χ1v) is 10.0. The molecule has 0 fully saturated rings. The zero-order chi connectivity index (χ0) is 25.9. The maximum Gasteiger partial charge on any atom is 0.451 e. The number of ketones is 1. The van der Waals surface area contributed by atoms with Gasteiger partial charge in [0.15, 0.2) is 17.5 Å². The highest BCUT2D eigenvalue weighted by Gasteiger charge is 2.38. The van der Waals surface area contributed by atoms with Gasteiger partial charge in [0.25, 0.3) is 5.78 Å². The van der Waals surface area contributed by atoms with Gasteiger partial charge in [-0.05, 0) is 12.1 Å². The van der Waals surface area contributed by atoms with Gasteiger partial charge in [0, 0.05) is 11.6 Å². The minimum atomic E-state index is -5.14. The number of hydrogen-bond donors (Lipinski definition) is 2. The van der Waals surface area contributed by atoms with Gasteiger partial charge < -0.3 is 9.84 Å². The molecule has 0 spiro atoms. The molecule has 0 aliphatic rings. The van der Waals surface area contributed by atoms with Crippen molar-refractivity contribution in [2.24, 2.45) is 0 Å². The van der Waals surface area contributed by atoms with Crippen molar-refractivity contribution in [3.8, 4) is 22.9 Å². The molecule has 186 valence electrons. The fourth-order valence-electron chi connectivity index (χ4n) is 2.98. The molecule has 0 bridgehead atoms. The molecule has 1 aromatic carbocycles. The van der Waals surface area contributed by atoms with Crippen molar-refractivity contribution in [3.63, 3.8) is 0 Å². The van der Waals surface area contributed by atoms with Gasteiger partial charge in [-0.25, -0.2) is 23.5 Å². The highest BCUT2D eigenvalue weighted by Crippen LogP contribution is 2.26. The van der Waals surface area contributed by atoms with E-state index >= 15 is 0 Å². The minimum absolute atomic E-state index is 0.0171. The Kier molecular flexibility index (Phi) is 6.71. The number of Topliss-reactive ketones (excluding diaryl/α,β-unsaturated/α-hetero) is 1. The number of halogens is 5. The van der Waals surface area contributed by atoms with E-state index in [4.69, 9.17) is 4.52 Å². The fraction of sp³-hybridized carbons (Fsp3) is 0.143. The average Bonchev–Trinajstić information content (AvgIpc) is 3.50. The Morgan fingerprint density at radius 3 is 2.53 bits per heavy atom. The number of amides is 2. The van der Waals surface area contributed by atoms with Crippen LogP contribution in [0.25, 0.3) is 22.9 Å². The van der Waals surface area contributed by atoms with E-state index in [9.17, 15) is 31.5 Å². The zero-order valence-electron chi connectivity index (χ0n) is 17.9. The molecule has 36 heavy (non-hydrogen) atoms. The van der Waals surface area contributed by atoms with Crippen LogP contribution in [0.1, 0.15) is 5.56 Å². The van der Waals surface area contributed by atoms with Gasteiger partial charge in [-0.15, -0.1) is 0 Å². The predicted octanol–water partition coefficient (Wildman–Crippen LogP) is 3.57. The molecular formula is C21H14F5N7O3. The molecule has 0 saturated heterocycles. The molecule has 10 nitrogen and oxygen atoms in total. The number of benzene rings is 1. The van der Waals surface area contributed by atoms with E-state index in [-0.39, 0.29) is 18.1 Å². The summed E-state index contributed by atoms with van der Waals surface area (Å²) >= 11 is 0. The number of anilines is 1. The predicted molar refractivity (Wildman–Crippen MR) is 112 cm³/mol. The Balaban J connectivity index is 1.60. The van der Waals surface area contributed by atoms with Crippen LogP contribution in [0.15, 0.2) is 53.4 Å². The first kappa shape index (κ1) is 24.4. The number of carbonyl (C=O) groups is 2. The average molecular weight is 507 g/mol. The minimum Gasteiger partial charge on any atom is -0.364 e. The standard InChI is InChI=1S/C21H14F5N7O3/c22-12-4-2-1-3-11(12)10-33-16(14-5-6-36-32-14)7-15(31-33)19-27-8-13(23)18(29-19)30-20(35)28-9-17(34)21(24,25)26/h1-8H,9-10H2,(H2,27,28,29,30,35). The summed E-state index contributed by atoms with van der Waals surface area (Å²) in [5.74, 6) is -4.61. The van der Waals surface area contributed by atoms with E-state index in [2.05, 4.69) is 20.2 Å². The summed E-state index contributed by atoms with van der Waals surface area (Å²) < 4.78 is 71.5. The molecule has 0 radical (unpaired) electrons. The quantitative estimate of drug-likeness (QED) is 0.366. The second-order valence-electron chi connectivity index (χ2n) is 7.17. The van der Waals surface area contributed by atoms with Gasteiger partial charge in [-0.1, -0.05) is 23.4 Å². The van der Waals surface area contributed by atoms with Crippen LogP contribution in [0.5, 0.6) is 0 Å². The Labute approximate surface area is 198 Å². The molecule has 3 heterocycles. The van der Waals surface area contributed by atoms with Crippen molar-refractivity contribution in [2.75, 3.05) is 11.9 Å². The molecular weight excluding hydrogens is 493 g/mol. The number of rotatable bonds is 7. The van der Waals surface area contributed by atoms with E-state index in [0.29, 0.717) is 23.1 Å². The summed E-state index contributed by atoms with van der Waals surface area (Å²) in [6, 6.07) is 7.71. The molecule has 3 aromatic heterocycles. The van der Waals surface area contributed by atoms with Crippen LogP contribution < -0.4 is 10.6 Å². The second-order valence-corrected chi connectivity index (χ2v) is 7.17. The summed E-state index contributed by atoms with van der Waals surface area (Å²) in [7, 11) is 0. The zero-order valence-corrected chi connectivity index (χ0v) is 17.9. The molecule has 0 unspecified atom stereocenters. The highest BCUT2D eigenvalue weighted by atomic mass is 19.4. The monoisotopic (exact) mass is 507 g/mol. The van der Waals surface area contributed by atoms with E-state index in [1.807, 2.05) is 5.32 Å². The number of nitrogens with one attached hydrogen (secondary N) is 2. The van der Waals surface area contributed by atoms with Crippen molar-refractivity contribution in [1.29, 1.82) is 0 Å². The van der Waals surface area contributed by atoms with Crippen molar-refractivity contribution in [3.05, 3.63) is 66.1 Å². The van der Waals surface area contributed by atoms with Gasteiger partial charge >= 0.3 is 12.2 Å². The maximum absolute atomic E-state index is 14.2. The number of urea groups is 1. The van der Waals surface area contributed by atoms with E-state index in [1.165, 1.54) is 35.2 Å². The van der Waals surface area contributed by atoms with Crippen LogP contribution in [-0.4, -0.2) is 49.4 Å². The topological polar surface area (TPSA) is 128 Å². The van der Waals surface area contributed by atoms with Gasteiger partial charge in [0.2, 0.25) is 0 Å². The number of carbonyl (C=O) groups excluding carboxylic acids is 2. The number of alkyl halides is 3. The molecule has 2 amide bonds. The second kappa shape index (κ2) is 9.89. The number of hydrogen-bond acceptors (Lipinski definition) is 7. The van der Waals surface area contributed by atoms with Crippen molar-refractivity contribution < 1.29 is 36.1 Å². The summed E-state index contributed by atoms with van der Waals surface area (Å²) in [5.41, 5.74) is 1.12. The van der Waals surface area contributed by atoms with Gasteiger partial charge in [0.1, 0.15) is 23.5 Å². The smallest absolute Gasteiger partial charge is 0.364 e. The van der Waals surface area contributed by atoms with E-state index in [1.54, 1.807) is 17.4 Å². The van der Waals surface area contributed by atoms with Crippen LogP contribution in [0.3, 0.4) is 0 Å². The Morgan fingerprint density at radius 1 is 1.06 bits per heavy atom. The molecule has 4 aromatic rings. The summed E-state index contributed by atoms with van der Waals surface area (Å²) in [5, 5.41) is 11.8. The first-order valence-electron chi connectivity index (χ1n) is 10.0. The van der Waals surface area contributed by atoms with Crippen LogP contribution in [0, 0.1) is 11.6 Å². The van der Waals surface area contributed by atoms with E-state index in [0.717, 1.165) is 0 Å². The summed E-state index contributed by atoms with van der Waals surface area (Å²) in [4.78, 5) is 30.4. The molecule has 0 aliphatic heterocycles. The fourth-order valence-corrected chi connectivity index (χ4v) is 2.98. The first-order chi connectivity index (χ1) is 17.1.